The van der Waals surface area contributed by atoms with E-state index in [1.165, 1.54) is 23.9 Å². The molecule has 7 nitrogen and oxygen atoms in total. The van der Waals surface area contributed by atoms with Crippen molar-refractivity contribution in [3.63, 3.8) is 0 Å². The SMILES string of the molecule is CCOC(=O)c1cc(OC(=O)c2cc(Cl)ccc2OC)n(-c2ccccc2)n1. The molecule has 0 aliphatic carbocycles. The Morgan fingerprint density at radius 1 is 1.07 bits per heavy atom. The Balaban J connectivity index is 2.00. The predicted octanol–water partition coefficient (Wildman–Crippen LogP) is 3.93. The summed E-state index contributed by atoms with van der Waals surface area (Å²) < 4.78 is 17.0. The number of carbonyl (C=O) groups excluding carboxylic acids is 2. The summed E-state index contributed by atoms with van der Waals surface area (Å²) in [4.78, 5) is 24.8. The van der Waals surface area contributed by atoms with E-state index in [1.807, 2.05) is 6.07 Å². The van der Waals surface area contributed by atoms with Gasteiger partial charge in [-0.1, -0.05) is 29.8 Å². The summed E-state index contributed by atoms with van der Waals surface area (Å²) in [5, 5.41) is 4.57. The molecule has 1 heterocycles. The minimum Gasteiger partial charge on any atom is -0.496 e. The summed E-state index contributed by atoms with van der Waals surface area (Å²) in [6.07, 6.45) is 0. The van der Waals surface area contributed by atoms with E-state index >= 15 is 0 Å². The number of carbonyl (C=O) groups is 2. The Bertz CT molecular complexity index is 1000. The molecule has 2 aromatic carbocycles. The van der Waals surface area contributed by atoms with Gasteiger partial charge in [0.15, 0.2) is 5.69 Å². The Morgan fingerprint density at radius 2 is 1.82 bits per heavy atom. The number of rotatable bonds is 6. The van der Waals surface area contributed by atoms with Crippen molar-refractivity contribution in [2.75, 3.05) is 13.7 Å². The maximum absolute atomic E-state index is 12.7. The van der Waals surface area contributed by atoms with E-state index in [0.29, 0.717) is 16.5 Å². The summed E-state index contributed by atoms with van der Waals surface area (Å²) in [5.41, 5.74) is 0.777. The first-order chi connectivity index (χ1) is 13.5. The van der Waals surface area contributed by atoms with Crippen LogP contribution in [0.2, 0.25) is 5.02 Å². The highest BCUT2D eigenvalue weighted by Crippen LogP contribution is 2.26. The Labute approximate surface area is 166 Å². The van der Waals surface area contributed by atoms with Crippen molar-refractivity contribution in [1.82, 2.24) is 9.78 Å². The van der Waals surface area contributed by atoms with Crippen molar-refractivity contribution in [3.05, 3.63) is 70.9 Å². The fourth-order valence-electron chi connectivity index (χ4n) is 2.49. The van der Waals surface area contributed by atoms with E-state index in [9.17, 15) is 9.59 Å². The molecule has 0 N–H and O–H groups in total. The topological polar surface area (TPSA) is 79.6 Å². The molecule has 8 heteroatoms. The van der Waals surface area contributed by atoms with Gasteiger partial charge in [-0.3, -0.25) is 0 Å². The van der Waals surface area contributed by atoms with E-state index in [1.54, 1.807) is 43.3 Å². The molecular formula is C20H17ClN2O5. The third-order valence-corrected chi connectivity index (χ3v) is 3.98. The van der Waals surface area contributed by atoms with Crippen LogP contribution < -0.4 is 9.47 Å². The van der Waals surface area contributed by atoms with Gasteiger partial charge in [0.1, 0.15) is 11.3 Å². The van der Waals surface area contributed by atoms with Crippen LogP contribution in [0.4, 0.5) is 0 Å². The Kier molecular flexibility index (Phi) is 5.96. The van der Waals surface area contributed by atoms with Crippen LogP contribution in [0.5, 0.6) is 11.6 Å². The van der Waals surface area contributed by atoms with Crippen molar-refractivity contribution >= 4 is 23.5 Å². The summed E-state index contributed by atoms with van der Waals surface area (Å²) >= 11 is 5.99. The minimum atomic E-state index is -0.702. The minimum absolute atomic E-state index is 0.0200. The lowest BCUT2D eigenvalue weighted by Crippen LogP contribution is -2.13. The third-order valence-electron chi connectivity index (χ3n) is 3.74. The van der Waals surface area contributed by atoms with Gasteiger partial charge in [-0.05, 0) is 37.3 Å². The van der Waals surface area contributed by atoms with Crippen molar-refractivity contribution in [1.29, 1.82) is 0 Å². The zero-order valence-corrected chi connectivity index (χ0v) is 16.0. The maximum Gasteiger partial charge on any atom is 0.358 e. The zero-order chi connectivity index (χ0) is 20.1. The number of aromatic nitrogens is 2. The lowest BCUT2D eigenvalue weighted by molar-refractivity contribution is 0.0518. The van der Waals surface area contributed by atoms with Gasteiger partial charge in [-0.15, -0.1) is 0 Å². The average molecular weight is 401 g/mol. The largest absolute Gasteiger partial charge is 0.496 e. The molecule has 0 aliphatic heterocycles. The lowest BCUT2D eigenvalue weighted by Gasteiger charge is -2.10. The highest BCUT2D eigenvalue weighted by atomic mass is 35.5. The van der Waals surface area contributed by atoms with Crippen molar-refractivity contribution in [3.8, 4) is 17.3 Å². The van der Waals surface area contributed by atoms with Gasteiger partial charge in [-0.25, -0.2) is 9.59 Å². The molecule has 0 atom stereocenters. The fourth-order valence-corrected chi connectivity index (χ4v) is 2.66. The quantitative estimate of drug-likeness (QED) is 0.583. The number of benzene rings is 2. The molecule has 3 aromatic rings. The molecule has 1 aromatic heterocycles. The van der Waals surface area contributed by atoms with Crippen LogP contribution in [-0.4, -0.2) is 35.4 Å². The summed E-state index contributed by atoms with van der Waals surface area (Å²) in [5.74, 6) is -0.950. The van der Waals surface area contributed by atoms with Crippen LogP contribution in [0, 0.1) is 0 Å². The van der Waals surface area contributed by atoms with Gasteiger partial charge in [0.05, 0.1) is 19.4 Å². The van der Waals surface area contributed by atoms with Crippen LogP contribution in [-0.2, 0) is 4.74 Å². The van der Waals surface area contributed by atoms with Gasteiger partial charge in [-0.2, -0.15) is 9.78 Å². The Hall–Kier alpha value is -3.32. The second kappa shape index (κ2) is 8.58. The molecule has 0 saturated heterocycles. The first-order valence-electron chi connectivity index (χ1n) is 8.41. The standard InChI is InChI=1S/C20H17ClN2O5/c1-3-27-20(25)16-12-18(23(22-16)14-7-5-4-6-8-14)28-19(24)15-11-13(21)9-10-17(15)26-2/h4-12H,3H2,1-2H3. The number of halogens is 1. The normalized spacial score (nSPS) is 10.4. The number of hydrogen-bond acceptors (Lipinski definition) is 6. The van der Waals surface area contributed by atoms with Crippen LogP contribution in [0.3, 0.4) is 0 Å². The predicted molar refractivity (Wildman–Crippen MR) is 102 cm³/mol. The second-order valence-electron chi connectivity index (χ2n) is 5.57. The highest BCUT2D eigenvalue weighted by Gasteiger charge is 2.22. The molecule has 0 unspecified atom stereocenters. The van der Waals surface area contributed by atoms with E-state index in [2.05, 4.69) is 5.10 Å². The van der Waals surface area contributed by atoms with Gasteiger partial charge in [0.2, 0.25) is 5.88 Å². The van der Waals surface area contributed by atoms with E-state index in [-0.39, 0.29) is 23.7 Å². The Morgan fingerprint density at radius 3 is 2.50 bits per heavy atom. The fraction of sp³-hybridized carbons (Fsp3) is 0.150. The molecular weight excluding hydrogens is 384 g/mol. The molecule has 28 heavy (non-hydrogen) atoms. The molecule has 0 fully saturated rings. The van der Waals surface area contributed by atoms with Crippen molar-refractivity contribution < 1.29 is 23.8 Å². The molecule has 0 bridgehead atoms. The van der Waals surface area contributed by atoms with Crippen molar-refractivity contribution in [2.45, 2.75) is 6.92 Å². The van der Waals surface area contributed by atoms with Gasteiger partial charge in [0.25, 0.3) is 0 Å². The number of para-hydroxylation sites is 1. The molecule has 144 valence electrons. The molecule has 0 amide bonds. The summed E-state index contributed by atoms with van der Waals surface area (Å²) in [7, 11) is 1.44. The molecule has 0 saturated carbocycles. The molecule has 0 radical (unpaired) electrons. The summed E-state index contributed by atoms with van der Waals surface area (Å²) in [6.45, 7) is 1.89. The lowest BCUT2D eigenvalue weighted by atomic mass is 10.2. The van der Waals surface area contributed by atoms with E-state index in [4.69, 9.17) is 25.8 Å². The summed E-state index contributed by atoms with van der Waals surface area (Å²) in [6, 6.07) is 14.9. The molecule has 3 rings (SSSR count). The second-order valence-corrected chi connectivity index (χ2v) is 6.01. The molecule has 0 spiro atoms. The first-order valence-corrected chi connectivity index (χ1v) is 8.79. The highest BCUT2D eigenvalue weighted by molar-refractivity contribution is 6.31. The average Bonchev–Trinajstić information content (AvgIpc) is 3.12. The first kappa shape index (κ1) is 19.4. The van der Waals surface area contributed by atoms with Crippen LogP contribution in [0.25, 0.3) is 5.69 Å². The van der Waals surface area contributed by atoms with E-state index < -0.39 is 11.9 Å². The van der Waals surface area contributed by atoms with Crippen LogP contribution >= 0.6 is 11.6 Å². The number of esters is 2. The van der Waals surface area contributed by atoms with Gasteiger partial charge in [0, 0.05) is 11.1 Å². The molecule has 0 aliphatic rings. The van der Waals surface area contributed by atoms with Gasteiger partial charge >= 0.3 is 11.9 Å². The monoisotopic (exact) mass is 400 g/mol. The van der Waals surface area contributed by atoms with E-state index in [0.717, 1.165) is 0 Å². The number of ether oxygens (including phenoxy) is 3. The number of nitrogens with zero attached hydrogens (tertiary/aromatic N) is 2. The van der Waals surface area contributed by atoms with Crippen molar-refractivity contribution in [2.24, 2.45) is 0 Å². The smallest absolute Gasteiger partial charge is 0.358 e. The number of hydrogen-bond donors (Lipinski definition) is 0. The van der Waals surface area contributed by atoms with Crippen LogP contribution in [0.15, 0.2) is 54.6 Å². The third kappa shape index (κ3) is 4.15. The zero-order valence-electron chi connectivity index (χ0n) is 15.2. The van der Waals surface area contributed by atoms with Gasteiger partial charge < -0.3 is 14.2 Å². The van der Waals surface area contributed by atoms with Crippen LogP contribution in [0.1, 0.15) is 27.8 Å². The number of methoxy groups -OCH3 is 1. The maximum atomic E-state index is 12.7.